The number of benzene rings is 1. The van der Waals surface area contributed by atoms with Gasteiger partial charge in [0, 0.05) is 26.7 Å². The summed E-state index contributed by atoms with van der Waals surface area (Å²) in [7, 11) is 4.73. The molecule has 3 rings (SSSR count). The predicted molar refractivity (Wildman–Crippen MR) is 105 cm³/mol. The second-order valence-electron chi connectivity index (χ2n) is 6.99. The SMILES string of the molecule is COC(=O)COc1ccc(CN2C[C@@H]3COC[C@H](C2)N(C)C3=O)cc1OC.O=CO. The fourth-order valence-electron chi connectivity index (χ4n) is 3.50. The van der Waals surface area contributed by atoms with Gasteiger partial charge in [-0.05, 0) is 17.7 Å². The number of carbonyl (C=O) groups is 3. The summed E-state index contributed by atoms with van der Waals surface area (Å²) in [6.45, 7) is 2.75. The number of hydrogen-bond donors (Lipinski definition) is 1. The van der Waals surface area contributed by atoms with Crippen molar-refractivity contribution in [2.45, 2.75) is 12.6 Å². The molecule has 2 atom stereocenters. The number of methoxy groups -OCH3 is 2. The first-order valence-electron chi connectivity index (χ1n) is 9.44. The van der Waals surface area contributed by atoms with E-state index in [0.29, 0.717) is 37.8 Å². The van der Waals surface area contributed by atoms with E-state index in [-0.39, 0.29) is 30.9 Å². The number of nitrogens with zero attached hydrogens (tertiary/aromatic N) is 2. The molecule has 0 saturated carbocycles. The minimum absolute atomic E-state index is 0.0644. The lowest BCUT2D eigenvalue weighted by Crippen LogP contribution is -2.42. The van der Waals surface area contributed by atoms with Crippen LogP contribution < -0.4 is 9.47 Å². The topological polar surface area (TPSA) is 115 Å². The van der Waals surface area contributed by atoms with Crippen molar-refractivity contribution in [3.63, 3.8) is 0 Å². The van der Waals surface area contributed by atoms with E-state index < -0.39 is 5.97 Å². The van der Waals surface area contributed by atoms with Gasteiger partial charge in [0.25, 0.3) is 6.47 Å². The second kappa shape index (κ2) is 11.4. The van der Waals surface area contributed by atoms with Gasteiger partial charge in [-0.15, -0.1) is 0 Å². The Hall–Kier alpha value is -2.85. The van der Waals surface area contributed by atoms with Gasteiger partial charge in [-0.2, -0.15) is 0 Å². The highest BCUT2D eigenvalue weighted by Gasteiger charge is 2.37. The third-order valence-electron chi connectivity index (χ3n) is 5.03. The molecular formula is C20H28N2O8. The van der Waals surface area contributed by atoms with Crippen LogP contribution in [0.2, 0.25) is 0 Å². The van der Waals surface area contributed by atoms with Crippen LogP contribution in [-0.2, 0) is 30.4 Å². The van der Waals surface area contributed by atoms with Gasteiger partial charge in [-0.25, -0.2) is 4.79 Å². The van der Waals surface area contributed by atoms with Crippen molar-refractivity contribution >= 4 is 18.3 Å². The number of esters is 1. The lowest BCUT2D eigenvalue weighted by Gasteiger charge is -2.29. The Kier molecular flexibility index (Phi) is 8.88. The number of amides is 1. The number of ether oxygens (including phenoxy) is 4. The maximum Gasteiger partial charge on any atom is 0.343 e. The zero-order valence-electron chi connectivity index (χ0n) is 17.4. The summed E-state index contributed by atoms with van der Waals surface area (Å²) >= 11 is 0. The van der Waals surface area contributed by atoms with Crippen LogP contribution in [0.15, 0.2) is 18.2 Å². The van der Waals surface area contributed by atoms with Crippen molar-refractivity contribution in [2.24, 2.45) is 5.92 Å². The van der Waals surface area contributed by atoms with Crippen molar-refractivity contribution in [1.82, 2.24) is 9.80 Å². The molecule has 0 radical (unpaired) electrons. The number of hydrogen-bond acceptors (Lipinski definition) is 8. The Bertz CT molecular complexity index is 742. The van der Waals surface area contributed by atoms with Crippen LogP contribution in [0, 0.1) is 5.92 Å². The zero-order chi connectivity index (χ0) is 22.1. The predicted octanol–water partition coefficient (Wildman–Crippen LogP) is 0.237. The molecule has 1 aromatic carbocycles. The summed E-state index contributed by atoms with van der Waals surface area (Å²) in [6, 6.07) is 5.69. The molecule has 166 valence electrons. The monoisotopic (exact) mass is 424 g/mol. The normalized spacial score (nSPS) is 21.0. The third-order valence-corrected chi connectivity index (χ3v) is 5.03. The highest BCUT2D eigenvalue weighted by Crippen LogP contribution is 2.29. The molecule has 1 aromatic rings. The van der Waals surface area contributed by atoms with Crippen molar-refractivity contribution in [3.05, 3.63) is 23.8 Å². The summed E-state index contributed by atoms with van der Waals surface area (Å²) in [5.74, 6) is 0.620. The van der Waals surface area contributed by atoms with Crippen LogP contribution in [0.5, 0.6) is 11.5 Å². The smallest absolute Gasteiger partial charge is 0.343 e. The molecule has 0 spiro atoms. The summed E-state index contributed by atoms with van der Waals surface area (Å²) in [5, 5.41) is 6.89. The summed E-state index contributed by atoms with van der Waals surface area (Å²) in [4.78, 5) is 36.2. The van der Waals surface area contributed by atoms with E-state index in [4.69, 9.17) is 24.1 Å². The third kappa shape index (κ3) is 6.07. The molecule has 2 fully saturated rings. The highest BCUT2D eigenvalue weighted by molar-refractivity contribution is 5.80. The molecular weight excluding hydrogens is 396 g/mol. The first-order chi connectivity index (χ1) is 14.4. The van der Waals surface area contributed by atoms with Crippen LogP contribution in [0.4, 0.5) is 0 Å². The van der Waals surface area contributed by atoms with Gasteiger partial charge in [0.05, 0.1) is 39.4 Å². The molecule has 0 aliphatic carbocycles. The fraction of sp³-hybridized carbons (Fsp3) is 0.550. The first-order valence-corrected chi connectivity index (χ1v) is 9.44. The summed E-state index contributed by atoms with van der Waals surface area (Å²) in [5.41, 5.74) is 1.05. The van der Waals surface area contributed by atoms with E-state index in [1.807, 2.05) is 24.1 Å². The van der Waals surface area contributed by atoms with Gasteiger partial charge in [0.15, 0.2) is 18.1 Å². The van der Waals surface area contributed by atoms with Gasteiger partial charge in [0.1, 0.15) is 0 Å². The van der Waals surface area contributed by atoms with E-state index in [1.54, 1.807) is 13.2 Å². The molecule has 0 unspecified atom stereocenters. The van der Waals surface area contributed by atoms with E-state index in [9.17, 15) is 9.59 Å². The molecule has 2 aliphatic heterocycles. The molecule has 1 N–H and O–H groups in total. The Balaban J connectivity index is 0.00000101. The van der Waals surface area contributed by atoms with Crippen molar-refractivity contribution < 1.29 is 38.4 Å². The van der Waals surface area contributed by atoms with Gasteiger partial charge >= 0.3 is 5.97 Å². The lowest BCUT2D eigenvalue weighted by molar-refractivity contribution is -0.143. The number of rotatable bonds is 6. The average Bonchev–Trinajstić information content (AvgIpc) is 2.92. The van der Waals surface area contributed by atoms with Crippen LogP contribution in [-0.4, -0.2) is 93.5 Å². The fourth-order valence-corrected chi connectivity index (χ4v) is 3.50. The molecule has 10 nitrogen and oxygen atoms in total. The van der Waals surface area contributed by atoms with E-state index in [0.717, 1.165) is 12.1 Å². The maximum absolute atomic E-state index is 12.5. The molecule has 10 heteroatoms. The maximum atomic E-state index is 12.5. The number of fused-ring (bicyclic) bond motifs is 3. The first kappa shape index (κ1) is 23.4. The van der Waals surface area contributed by atoms with Crippen LogP contribution in [0.1, 0.15) is 5.56 Å². The Morgan fingerprint density at radius 2 is 2.00 bits per heavy atom. The van der Waals surface area contributed by atoms with E-state index in [1.165, 1.54) is 7.11 Å². The molecule has 2 heterocycles. The van der Waals surface area contributed by atoms with Gasteiger partial charge < -0.3 is 29.0 Å². The Labute approximate surface area is 175 Å². The Morgan fingerprint density at radius 1 is 1.27 bits per heavy atom. The molecule has 2 aliphatic rings. The minimum atomic E-state index is -0.451. The van der Waals surface area contributed by atoms with Crippen LogP contribution in [0.25, 0.3) is 0 Å². The molecule has 2 saturated heterocycles. The van der Waals surface area contributed by atoms with Crippen LogP contribution >= 0.6 is 0 Å². The molecule has 2 bridgehead atoms. The Morgan fingerprint density at radius 3 is 2.67 bits per heavy atom. The van der Waals surface area contributed by atoms with Crippen molar-refractivity contribution in [2.75, 3.05) is 54.2 Å². The quantitative estimate of drug-likeness (QED) is 0.506. The number of carboxylic acid groups (broad SMARTS) is 1. The standard InChI is InChI=1S/C19H26N2O6.CH2O2/c1-20-15-9-21(8-14(19(20)23)10-26-11-15)7-13-4-5-16(17(6-13)24-2)27-12-18(22)25-3;2-1-3/h4-6,14-15H,7-12H2,1-3H3;1H,(H,2,3)/t14-,15+;/m1./s1. The number of likely N-dealkylation sites (N-methyl/N-ethyl adjacent to an activating group) is 1. The van der Waals surface area contributed by atoms with Crippen molar-refractivity contribution in [1.29, 1.82) is 0 Å². The van der Waals surface area contributed by atoms with Gasteiger partial charge in [-0.3, -0.25) is 14.5 Å². The van der Waals surface area contributed by atoms with E-state index >= 15 is 0 Å². The lowest BCUT2D eigenvalue weighted by atomic mass is 10.1. The largest absolute Gasteiger partial charge is 0.493 e. The number of carbonyl (C=O) groups excluding carboxylic acids is 2. The average molecular weight is 424 g/mol. The second-order valence-corrected chi connectivity index (χ2v) is 6.99. The molecule has 30 heavy (non-hydrogen) atoms. The zero-order valence-corrected chi connectivity index (χ0v) is 17.4. The molecule has 1 amide bonds. The van der Waals surface area contributed by atoms with E-state index in [2.05, 4.69) is 9.64 Å². The van der Waals surface area contributed by atoms with Crippen LogP contribution in [0.3, 0.4) is 0 Å². The van der Waals surface area contributed by atoms with Gasteiger partial charge in [0.2, 0.25) is 5.91 Å². The minimum Gasteiger partial charge on any atom is -0.493 e. The molecule has 0 aromatic heterocycles. The summed E-state index contributed by atoms with van der Waals surface area (Å²) in [6.07, 6.45) is 0. The summed E-state index contributed by atoms with van der Waals surface area (Å²) < 4.78 is 21.1. The van der Waals surface area contributed by atoms with Crippen molar-refractivity contribution in [3.8, 4) is 11.5 Å². The highest BCUT2D eigenvalue weighted by atomic mass is 16.6. The van der Waals surface area contributed by atoms with Gasteiger partial charge in [-0.1, -0.05) is 6.07 Å².